The number of hydrogen-bond acceptors (Lipinski definition) is 5. The first-order valence-corrected chi connectivity index (χ1v) is 6.44. The van der Waals surface area contributed by atoms with E-state index in [9.17, 15) is 19.8 Å². The lowest BCUT2D eigenvalue weighted by atomic mass is 9.96. The second kappa shape index (κ2) is 4.28. The molecule has 2 aliphatic rings. The molecule has 3 rings (SSSR count). The molecule has 7 heteroatoms. The number of hydrogen-bond donors (Lipinski definition) is 3. The number of aliphatic hydroxyl groups is 2. The van der Waals surface area contributed by atoms with Crippen molar-refractivity contribution in [2.45, 2.75) is 45.1 Å². The maximum Gasteiger partial charge on any atom is 0.330 e. The van der Waals surface area contributed by atoms with Gasteiger partial charge in [-0.1, -0.05) is 0 Å². The standard InChI is InChI=1S/C13H18N2O5/c1-6-7(2)15(12(19)14-10(6)18)11-13(3-4-13)9(17)8(5-16)20-11/h8-9,11,16-17H,3-5H2,1-2H3,(H,14,18,19)/t8-,9-,11-/m1/s1/i8D,9D. The molecule has 7 nitrogen and oxygen atoms in total. The number of nitrogens with zero attached hydrogens (tertiary/aromatic N) is 1. The Hall–Kier alpha value is -1.44. The minimum Gasteiger partial charge on any atom is -0.394 e. The van der Waals surface area contributed by atoms with Crippen molar-refractivity contribution in [2.75, 3.05) is 6.61 Å². The molecular formula is C13H18N2O5. The van der Waals surface area contributed by atoms with E-state index >= 15 is 0 Å². The van der Waals surface area contributed by atoms with Crippen LogP contribution in [0.5, 0.6) is 0 Å². The summed E-state index contributed by atoms with van der Waals surface area (Å²) in [6.45, 7) is 2.24. The monoisotopic (exact) mass is 284 g/mol. The van der Waals surface area contributed by atoms with Crippen molar-refractivity contribution in [1.82, 2.24) is 9.55 Å². The van der Waals surface area contributed by atoms with Gasteiger partial charge in [0, 0.05) is 16.7 Å². The van der Waals surface area contributed by atoms with Crippen molar-refractivity contribution in [3.05, 3.63) is 32.1 Å². The first kappa shape index (κ1) is 11.2. The van der Waals surface area contributed by atoms with Crippen molar-refractivity contribution in [1.29, 1.82) is 0 Å². The Balaban J connectivity index is 2.22. The van der Waals surface area contributed by atoms with Gasteiger partial charge >= 0.3 is 5.69 Å². The van der Waals surface area contributed by atoms with E-state index in [2.05, 4.69) is 4.98 Å². The van der Waals surface area contributed by atoms with Gasteiger partial charge in [-0.3, -0.25) is 14.3 Å². The lowest BCUT2D eigenvalue weighted by Gasteiger charge is -2.23. The van der Waals surface area contributed by atoms with E-state index in [4.69, 9.17) is 7.48 Å². The van der Waals surface area contributed by atoms with Crippen LogP contribution in [0, 0.1) is 19.3 Å². The molecule has 1 aliphatic carbocycles. The van der Waals surface area contributed by atoms with Crippen molar-refractivity contribution in [3.8, 4) is 0 Å². The van der Waals surface area contributed by atoms with Crippen LogP contribution in [0.4, 0.5) is 0 Å². The number of rotatable bonds is 2. The molecule has 1 saturated carbocycles. The third-order valence-corrected chi connectivity index (χ3v) is 4.31. The Bertz CT molecular complexity index is 752. The molecule has 3 N–H and O–H groups in total. The minimum absolute atomic E-state index is 0.319. The highest BCUT2D eigenvalue weighted by atomic mass is 16.5. The van der Waals surface area contributed by atoms with Crippen LogP contribution in [0.1, 0.15) is 33.1 Å². The van der Waals surface area contributed by atoms with E-state index in [1.54, 1.807) is 13.8 Å². The molecule has 2 fully saturated rings. The smallest absolute Gasteiger partial charge is 0.330 e. The summed E-state index contributed by atoms with van der Waals surface area (Å²) in [6.07, 6.45) is -4.90. The molecule has 0 radical (unpaired) electrons. The van der Waals surface area contributed by atoms with Crippen LogP contribution in [0.2, 0.25) is 0 Å². The predicted octanol–water partition coefficient (Wildman–Crippen LogP) is -0.816. The molecule has 0 bridgehead atoms. The highest BCUT2D eigenvalue weighted by Crippen LogP contribution is 2.62. The molecule has 1 aliphatic heterocycles. The SMILES string of the molecule is [2H][C@]1(CO)O[C@@H](n2c(C)c(C)c(=O)[nH]c2=O)C2(CC2)[C@]1([2H])O. The van der Waals surface area contributed by atoms with Gasteiger partial charge in [-0.05, 0) is 26.7 Å². The lowest BCUT2D eigenvalue weighted by Crippen LogP contribution is -2.39. The van der Waals surface area contributed by atoms with Crippen molar-refractivity contribution >= 4 is 0 Å². The van der Waals surface area contributed by atoms with Gasteiger partial charge in [0.2, 0.25) is 0 Å². The van der Waals surface area contributed by atoms with Crippen LogP contribution in [0.25, 0.3) is 0 Å². The van der Waals surface area contributed by atoms with Gasteiger partial charge < -0.3 is 14.9 Å². The van der Waals surface area contributed by atoms with E-state index in [-0.39, 0.29) is 0 Å². The summed E-state index contributed by atoms with van der Waals surface area (Å²) in [5.41, 5.74) is -1.71. The molecular weight excluding hydrogens is 264 g/mol. The summed E-state index contributed by atoms with van der Waals surface area (Å²) in [6, 6.07) is 0. The van der Waals surface area contributed by atoms with Crippen LogP contribution >= 0.6 is 0 Å². The number of aromatic nitrogens is 2. The molecule has 3 atom stereocenters. The third-order valence-electron chi connectivity index (χ3n) is 4.31. The van der Waals surface area contributed by atoms with Gasteiger partial charge in [0.05, 0.1) is 15.4 Å². The predicted molar refractivity (Wildman–Crippen MR) is 69.5 cm³/mol. The van der Waals surface area contributed by atoms with Crippen LogP contribution in [0.3, 0.4) is 0 Å². The number of H-pyrrole nitrogens is 1. The average molecular weight is 284 g/mol. The fourth-order valence-electron chi connectivity index (χ4n) is 2.76. The largest absolute Gasteiger partial charge is 0.394 e. The fraction of sp³-hybridized carbons (Fsp3) is 0.692. The van der Waals surface area contributed by atoms with Crippen LogP contribution in [0.15, 0.2) is 9.59 Å². The number of aliphatic hydroxyl groups excluding tert-OH is 1. The Morgan fingerprint density at radius 1 is 1.50 bits per heavy atom. The Kier molecular flexibility index (Phi) is 2.40. The van der Waals surface area contributed by atoms with Crippen LogP contribution in [-0.2, 0) is 4.74 Å². The Labute approximate surface area is 117 Å². The second-order valence-electron chi connectivity index (χ2n) is 5.40. The Morgan fingerprint density at radius 2 is 2.15 bits per heavy atom. The summed E-state index contributed by atoms with van der Waals surface area (Å²) in [5, 5.41) is 19.8. The number of nitrogens with one attached hydrogen (secondary N) is 1. The zero-order chi connectivity index (χ0) is 16.5. The van der Waals surface area contributed by atoms with Crippen molar-refractivity contribution in [3.63, 3.8) is 0 Å². The van der Waals surface area contributed by atoms with Gasteiger partial charge in [0.25, 0.3) is 5.56 Å². The molecule has 1 aromatic heterocycles. The maximum absolute atomic E-state index is 12.2. The lowest BCUT2D eigenvalue weighted by molar-refractivity contribution is -0.0499. The second-order valence-corrected chi connectivity index (χ2v) is 5.40. The molecule has 2 heterocycles. The highest BCUT2D eigenvalue weighted by Gasteiger charge is 2.64. The summed E-state index contributed by atoms with van der Waals surface area (Å²) >= 11 is 0. The summed E-state index contributed by atoms with van der Waals surface area (Å²) in [5.74, 6) is 0. The van der Waals surface area contributed by atoms with Gasteiger partial charge in [0.1, 0.15) is 12.3 Å². The fourth-order valence-corrected chi connectivity index (χ4v) is 2.76. The Morgan fingerprint density at radius 3 is 2.70 bits per heavy atom. The minimum atomic E-state index is -2.35. The van der Waals surface area contributed by atoms with Crippen molar-refractivity contribution < 1.29 is 17.7 Å². The highest BCUT2D eigenvalue weighted by molar-refractivity contribution is 5.18. The number of aromatic amines is 1. The number of ether oxygens (including phenoxy) is 1. The quantitative estimate of drug-likeness (QED) is 0.658. The topological polar surface area (TPSA) is 105 Å². The molecule has 0 amide bonds. The van der Waals surface area contributed by atoms with E-state index in [1.807, 2.05) is 0 Å². The molecule has 1 aromatic rings. The normalized spacial score (nSPS) is 39.7. The third kappa shape index (κ3) is 1.63. The van der Waals surface area contributed by atoms with E-state index in [1.165, 1.54) is 0 Å². The average Bonchev–Trinajstić information content (AvgIpc) is 3.22. The summed E-state index contributed by atoms with van der Waals surface area (Å²) < 4.78 is 22.8. The summed E-state index contributed by atoms with van der Waals surface area (Å²) in [4.78, 5) is 26.0. The first-order valence-electron chi connectivity index (χ1n) is 7.44. The van der Waals surface area contributed by atoms with E-state index < -0.39 is 41.7 Å². The molecule has 0 aromatic carbocycles. The van der Waals surface area contributed by atoms with E-state index in [0.29, 0.717) is 24.1 Å². The van der Waals surface area contributed by atoms with Crippen LogP contribution < -0.4 is 11.2 Å². The van der Waals surface area contributed by atoms with E-state index in [0.717, 1.165) is 4.57 Å². The maximum atomic E-state index is 12.2. The molecule has 1 saturated heterocycles. The molecule has 110 valence electrons. The zero-order valence-electron chi connectivity index (χ0n) is 13.3. The molecule has 20 heavy (non-hydrogen) atoms. The molecule has 1 spiro atoms. The van der Waals surface area contributed by atoms with Crippen LogP contribution in [-0.4, -0.2) is 38.5 Å². The van der Waals surface area contributed by atoms with Gasteiger partial charge in [0.15, 0.2) is 0 Å². The van der Waals surface area contributed by atoms with Gasteiger partial charge in [-0.15, -0.1) is 0 Å². The first-order chi connectivity index (χ1) is 10.1. The zero-order valence-corrected chi connectivity index (χ0v) is 11.3. The molecule has 0 unspecified atom stereocenters. The van der Waals surface area contributed by atoms with Crippen molar-refractivity contribution in [2.24, 2.45) is 5.41 Å². The van der Waals surface area contributed by atoms with Gasteiger partial charge in [-0.2, -0.15) is 0 Å². The summed E-state index contributed by atoms with van der Waals surface area (Å²) in [7, 11) is 0. The van der Waals surface area contributed by atoms with Gasteiger partial charge in [-0.25, -0.2) is 4.79 Å².